The Kier molecular flexibility index (Phi) is 10.8. The fourth-order valence-corrected chi connectivity index (χ4v) is 8.02. The zero-order valence-electron chi connectivity index (χ0n) is 23.2. The predicted octanol–water partition coefficient (Wildman–Crippen LogP) is 5.95. The predicted molar refractivity (Wildman–Crippen MR) is 147 cm³/mol. The molecule has 0 amide bonds. The van der Waals surface area contributed by atoms with E-state index >= 15 is 0 Å². The Bertz CT molecular complexity index is 528. The van der Waals surface area contributed by atoms with Gasteiger partial charge in [0.2, 0.25) is 0 Å². The van der Waals surface area contributed by atoms with Crippen LogP contribution in [0.1, 0.15) is 124 Å². The van der Waals surface area contributed by atoms with E-state index < -0.39 is 0 Å². The van der Waals surface area contributed by atoms with Crippen molar-refractivity contribution in [1.29, 1.82) is 0 Å². The first kappa shape index (κ1) is 28.4. The van der Waals surface area contributed by atoms with Gasteiger partial charge in [0.15, 0.2) is 0 Å². The van der Waals surface area contributed by atoms with E-state index in [0.29, 0.717) is 29.6 Å². The maximum atomic E-state index is 6.10. The Labute approximate surface area is 212 Å². The molecule has 34 heavy (non-hydrogen) atoms. The standard InChI is InChI=1S/2C15H30N2/c1-15(2,11-3-7-13(16)8-4-11)12-5-9-14(17)10-6-12;1-10-7-12(3-5-14(10)16)9-13-4-6-15(17)11(2)8-13/h11-14H,3-10,16-17H2,1-2H3;10-15H,3-9,16-17H2,1-2H3. The van der Waals surface area contributed by atoms with E-state index in [1.807, 2.05) is 0 Å². The van der Waals surface area contributed by atoms with Crippen molar-refractivity contribution in [2.75, 3.05) is 0 Å². The van der Waals surface area contributed by atoms with E-state index in [9.17, 15) is 0 Å². The lowest BCUT2D eigenvalue weighted by atomic mass is 9.60. The molecule has 4 rings (SSSR count). The van der Waals surface area contributed by atoms with Gasteiger partial charge in [0.05, 0.1) is 0 Å². The lowest BCUT2D eigenvalue weighted by Crippen LogP contribution is -2.40. The van der Waals surface area contributed by atoms with Crippen LogP contribution in [-0.4, -0.2) is 24.2 Å². The highest BCUT2D eigenvalue weighted by Crippen LogP contribution is 2.48. The monoisotopic (exact) mass is 476 g/mol. The molecule has 4 aliphatic rings. The molecule has 6 atom stereocenters. The van der Waals surface area contributed by atoms with E-state index in [-0.39, 0.29) is 0 Å². The van der Waals surface area contributed by atoms with Crippen LogP contribution in [0.4, 0.5) is 0 Å². The molecule has 4 heteroatoms. The first-order valence-electron chi connectivity index (χ1n) is 15.1. The summed E-state index contributed by atoms with van der Waals surface area (Å²) in [4.78, 5) is 0. The molecule has 0 aromatic rings. The second-order valence-corrected chi connectivity index (χ2v) is 13.9. The molecular weight excluding hydrogens is 416 g/mol. The SMILES string of the molecule is CC(C)(C1CCC(N)CC1)C1CCC(N)CC1.CC1CC(CC2CCC(N)C(C)C2)CCC1N. The van der Waals surface area contributed by atoms with E-state index in [1.165, 1.54) is 96.3 Å². The molecule has 4 nitrogen and oxygen atoms in total. The Balaban J connectivity index is 0.000000191. The summed E-state index contributed by atoms with van der Waals surface area (Å²) in [5.41, 5.74) is 24.7. The quantitative estimate of drug-likeness (QED) is 0.402. The zero-order valence-corrected chi connectivity index (χ0v) is 23.2. The Morgan fingerprint density at radius 2 is 0.882 bits per heavy atom. The van der Waals surface area contributed by atoms with Crippen LogP contribution in [-0.2, 0) is 0 Å². The van der Waals surface area contributed by atoms with Crippen molar-refractivity contribution in [2.45, 2.75) is 148 Å². The van der Waals surface area contributed by atoms with Crippen LogP contribution in [0.5, 0.6) is 0 Å². The maximum absolute atomic E-state index is 6.10. The number of hydrogen-bond donors (Lipinski definition) is 4. The van der Waals surface area contributed by atoms with Crippen molar-refractivity contribution in [2.24, 2.45) is 63.9 Å². The minimum atomic E-state index is 0.463. The molecule has 200 valence electrons. The Morgan fingerprint density at radius 3 is 1.21 bits per heavy atom. The number of rotatable bonds is 4. The second-order valence-electron chi connectivity index (χ2n) is 13.9. The minimum absolute atomic E-state index is 0.463. The Morgan fingerprint density at radius 1 is 0.529 bits per heavy atom. The van der Waals surface area contributed by atoms with Gasteiger partial charge in [-0.2, -0.15) is 0 Å². The van der Waals surface area contributed by atoms with Crippen molar-refractivity contribution in [3.63, 3.8) is 0 Å². The third-order valence-corrected chi connectivity index (χ3v) is 11.0. The van der Waals surface area contributed by atoms with Gasteiger partial charge in [-0.15, -0.1) is 0 Å². The molecule has 8 N–H and O–H groups in total. The topological polar surface area (TPSA) is 104 Å². The highest BCUT2D eigenvalue weighted by molar-refractivity contribution is 4.91. The summed E-state index contributed by atoms with van der Waals surface area (Å²) in [7, 11) is 0. The largest absolute Gasteiger partial charge is 0.328 e. The zero-order chi connectivity index (χ0) is 24.9. The molecule has 0 spiro atoms. The first-order valence-corrected chi connectivity index (χ1v) is 15.1. The summed E-state index contributed by atoms with van der Waals surface area (Å²) < 4.78 is 0. The molecule has 4 saturated carbocycles. The lowest BCUT2D eigenvalue weighted by Gasteiger charge is -2.46. The molecule has 0 aliphatic heterocycles. The van der Waals surface area contributed by atoms with Gasteiger partial charge < -0.3 is 22.9 Å². The van der Waals surface area contributed by atoms with Crippen molar-refractivity contribution in [1.82, 2.24) is 0 Å². The van der Waals surface area contributed by atoms with Crippen LogP contribution in [0, 0.1) is 40.9 Å². The van der Waals surface area contributed by atoms with Crippen LogP contribution in [0.3, 0.4) is 0 Å². The molecule has 0 aromatic carbocycles. The van der Waals surface area contributed by atoms with Crippen LogP contribution in [0.25, 0.3) is 0 Å². The van der Waals surface area contributed by atoms with Crippen molar-refractivity contribution < 1.29 is 0 Å². The minimum Gasteiger partial charge on any atom is -0.328 e. The van der Waals surface area contributed by atoms with E-state index in [1.54, 1.807) is 0 Å². The summed E-state index contributed by atoms with van der Waals surface area (Å²) in [5.74, 6) is 5.13. The van der Waals surface area contributed by atoms with Gasteiger partial charge in [-0.05, 0) is 137 Å². The fraction of sp³-hybridized carbons (Fsp3) is 1.00. The van der Waals surface area contributed by atoms with Gasteiger partial charge in [-0.1, -0.05) is 27.7 Å². The third-order valence-electron chi connectivity index (χ3n) is 11.0. The maximum Gasteiger partial charge on any atom is 0.00647 e. The molecule has 0 bridgehead atoms. The molecule has 4 aliphatic carbocycles. The lowest BCUT2D eigenvalue weighted by molar-refractivity contribution is 0.0523. The van der Waals surface area contributed by atoms with Gasteiger partial charge >= 0.3 is 0 Å². The van der Waals surface area contributed by atoms with Crippen molar-refractivity contribution in [3.8, 4) is 0 Å². The van der Waals surface area contributed by atoms with Crippen LogP contribution >= 0.6 is 0 Å². The van der Waals surface area contributed by atoms with Gasteiger partial charge in [0.25, 0.3) is 0 Å². The molecule has 0 aromatic heterocycles. The molecule has 0 heterocycles. The molecule has 4 fully saturated rings. The molecule has 6 unspecified atom stereocenters. The smallest absolute Gasteiger partial charge is 0.00647 e. The van der Waals surface area contributed by atoms with Gasteiger partial charge in [-0.25, -0.2) is 0 Å². The molecule has 0 radical (unpaired) electrons. The average molecular weight is 477 g/mol. The highest BCUT2D eigenvalue weighted by atomic mass is 14.7. The summed E-state index contributed by atoms with van der Waals surface area (Å²) in [5, 5.41) is 0. The summed E-state index contributed by atoms with van der Waals surface area (Å²) in [6, 6.07) is 1.87. The van der Waals surface area contributed by atoms with Crippen molar-refractivity contribution >= 4 is 0 Å². The van der Waals surface area contributed by atoms with Gasteiger partial charge in [0, 0.05) is 24.2 Å². The summed E-state index contributed by atoms with van der Waals surface area (Å²) in [6.45, 7) is 9.65. The van der Waals surface area contributed by atoms with E-state index in [4.69, 9.17) is 22.9 Å². The van der Waals surface area contributed by atoms with Gasteiger partial charge in [0.1, 0.15) is 0 Å². The second kappa shape index (κ2) is 12.9. The van der Waals surface area contributed by atoms with Crippen LogP contribution in [0.15, 0.2) is 0 Å². The third kappa shape index (κ3) is 7.92. The van der Waals surface area contributed by atoms with E-state index in [2.05, 4.69) is 27.7 Å². The van der Waals surface area contributed by atoms with Crippen LogP contribution in [0.2, 0.25) is 0 Å². The van der Waals surface area contributed by atoms with E-state index in [0.717, 1.165) is 35.5 Å². The fourth-order valence-electron chi connectivity index (χ4n) is 8.02. The summed E-state index contributed by atoms with van der Waals surface area (Å²) in [6.07, 6.45) is 19.7. The average Bonchev–Trinajstić information content (AvgIpc) is 2.80. The van der Waals surface area contributed by atoms with Crippen LogP contribution < -0.4 is 22.9 Å². The number of nitrogens with two attached hydrogens (primary N) is 4. The molecule has 0 saturated heterocycles. The summed E-state index contributed by atoms with van der Waals surface area (Å²) >= 11 is 0. The van der Waals surface area contributed by atoms with Crippen molar-refractivity contribution in [3.05, 3.63) is 0 Å². The number of hydrogen-bond acceptors (Lipinski definition) is 4. The van der Waals surface area contributed by atoms with Gasteiger partial charge in [-0.3, -0.25) is 0 Å². The first-order chi connectivity index (χ1) is 16.1. The normalized spacial score (nSPS) is 44.1. The highest BCUT2D eigenvalue weighted by Gasteiger charge is 2.39. The Hall–Kier alpha value is -0.160. The molecular formula is C30H60N4.